The predicted octanol–water partition coefficient (Wildman–Crippen LogP) is 0.646. The van der Waals surface area contributed by atoms with Crippen molar-refractivity contribution in [2.24, 2.45) is 0 Å². The number of nitrogens with zero attached hydrogens (tertiary/aromatic N) is 5. The summed E-state index contributed by atoms with van der Waals surface area (Å²) in [7, 11) is 3.86. The molecule has 7 heteroatoms. The lowest BCUT2D eigenvalue weighted by atomic mass is 10.2. The standard InChI is InChI=1S/C20H27N5O2/c1-22(2)18-13-24(14-19(18)26)20(27)17-10-16-12-23(8-9-25(16)21-17)11-15-6-4-3-5-7-15/h3-7,10,18-19,26H,8-9,11-14H2,1-2H3/t18-,19-/m1/s1. The van der Waals surface area contributed by atoms with Crippen molar-refractivity contribution in [2.45, 2.75) is 31.8 Å². The van der Waals surface area contributed by atoms with Crippen LogP contribution in [0.15, 0.2) is 36.4 Å². The SMILES string of the molecule is CN(C)[C@@H]1CN(C(=O)c2cc3n(n2)CCN(Cc2ccccc2)C3)C[C@H]1O. The summed E-state index contributed by atoms with van der Waals surface area (Å²) in [6.45, 7) is 4.30. The molecule has 1 fully saturated rings. The fourth-order valence-electron chi connectivity index (χ4n) is 4.01. The quantitative estimate of drug-likeness (QED) is 0.857. The third-order valence-electron chi connectivity index (χ3n) is 5.55. The van der Waals surface area contributed by atoms with Crippen molar-refractivity contribution in [3.05, 3.63) is 53.3 Å². The topological polar surface area (TPSA) is 64.8 Å². The summed E-state index contributed by atoms with van der Waals surface area (Å²) >= 11 is 0. The highest BCUT2D eigenvalue weighted by atomic mass is 16.3. The van der Waals surface area contributed by atoms with Crippen LogP contribution in [0.4, 0.5) is 0 Å². The molecule has 2 aliphatic rings. The average Bonchev–Trinajstić information content (AvgIpc) is 3.25. The fraction of sp³-hybridized carbons (Fsp3) is 0.500. The highest BCUT2D eigenvalue weighted by Crippen LogP contribution is 2.20. The Kier molecular flexibility index (Phi) is 4.99. The molecule has 2 atom stereocenters. The Morgan fingerprint density at radius 3 is 2.70 bits per heavy atom. The zero-order valence-electron chi connectivity index (χ0n) is 16.0. The lowest BCUT2D eigenvalue weighted by molar-refractivity contribution is 0.0757. The maximum atomic E-state index is 12.9. The zero-order chi connectivity index (χ0) is 19.0. The van der Waals surface area contributed by atoms with Crippen LogP contribution in [-0.2, 0) is 19.6 Å². The molecule has 2 aromatic rings. The summed E-state index contributed by atoms with van der Waals surface area (Å²) in [6.07, 6.45) is -0.512. The molecule has 0 aliphatic carbocycles. The van der Waals surface area contributed by atoms with Crippen LogP contribution in [0.2, 0.25) is 0 Å². The van der Waals surface area contributed by atoms with E-state index < -0.39 is 6.10 Å². The van der Waals surface area contributed by atoms with E-state index in [9.17, 15) is 9.90 Å². The molecule has 0 spiro atoms. The highest BCUT2D eigenvalue weighted by Gasteiger charge is 2.36. The zero-order valence-corrected chi connectivity index (χ0v) is 16.0. The number of benzene rings is 1. The van der Waals surface area contributed by atoms with E-state index >= 15 is 0 Å². The number of hydrogen-bond acceptors (Lipinski definition) is 5. The molecule has 1 amide bonds. The van der Waals surface area contributed by atoms with Gasteiger partial charge in [-0.15, -0.1) is 0 Å². The summed E-state index contributed by atoms with van der Waals surface area (Å²) in [5, 5.41) is 14.7. The van der Waals surface area contributed by atoms with Gasteiger partial charge in [0.15, 0.2) is 5.69 Å². The van der Waals surface area contributed by atoms with Gasteiger partial charge < -0.3 is 14.9 Å². The molecule has 2 aliphatic heterocycles. The normalized spacial score (nSPS) is 23.0. The van der Waals surface area contributed by atoms with Gasteiger partial charge in [0, 0.05) is 32.7 Å². The summed E-state index contributed by atoms with van der Waals surface area (Å²) in [5.41, 5.74) is 2.85. The van der Waals surface area contributed by atoms with Gasteiger partial charge in [0.2, 0.25) is 0 Å². The minimum Gasteiger partial charge on any atom is -0.390 e. The van der Waals surface area contributed by atoms with Gasteiger partial charge in [-0.05, 0) is 25.7 Å². The van der Waals surface area contributed by atoms with E-state index in [4.69, 9.17) is 0 Å². The molecule has 0 saturated carbocycles. The second kappa shape index (κ2) is 7.42. The number of aliphatic hydroxyl groups excluding tert-OH is 1. The first-order valence-corrected chi connectivity index (χ1v) is 9.48. The molecule has 0 unspecified atom stereocenters. The first-order valence-electron chi connectivity index (χ1n) is 9.48. The van der Waals surface area contributed by atoms with E-state index in [0.717, 1.165) is 31.9 Å². The number of carbonyl (C=O) groups excluding carboxylic acids is 1. The predicted molar refractivity (Wildman–Crippen MR) is 102 cm³/mol. The van der Waals surface area contributed by atoms with E-state index in [-0.39, 0.29) is 11.9 Å². The second-order valence-corrected chi connectivity index (χ2v) is 7.75. The van der Waals surface area contributed by atoms with Gasteiger partial charge in [-0.25, -0.2) is 0 Å². The Hall–Kier alpha value is -2.22. The van der Waals surface area contributed by atoms with Crippen molar-refractivity contribution in [3.63, 3.8) is 0 Å². The van der Waals surface area contributed by atoms with E-state index in [1.807, 2.05) is 35.8 Å². The van der Waals surface area contributed by atoms with Gasteiger partial charge in [-0.2, -0.15) is 5.10 Å². The number of aliphatic hydroxyl groups is 1. The monoisotopic (exact) mass is 369 g/mol. The molecular formula is C20H27N5O2. The van der Waals surface area contributed by atoms with Crippen molar-refractivity contribution >= 4 is 5.91 Å². The van der Waals surface area contributed by atoms with Crippen molar-refractivity contribution in [3.8, 4) is 0 Å². The van der Waals surface area contributed by atoms with E-state index in [1.54, 1.807) is 4.90 Å². The molecule has 3 heterocycles. The minimum atomic E-state index is -0.512. The fourth-order valence-corrected chi connectivity index (χ4v) is 4.01. The summed E-state index contributed by atoms with van der Waals surface area (Å²) in [4.78, 5) is 18.9. The molecule has 1 N–H and O–H groups in total. The number of amides is 1. The molecule has 1 aromatic carbocycles. The van der Waals surface area contributed by atoms with Gasteiger partial charge in [0.05, 0.1) is 24.4 Å². The number of hydrogen-bond donors (Lipinski definition) is 1. The number of likely N-dealkylation sites (N-methyl/N-ethyl adjacent to an activating group) is 1. The summed E-state index contributed by atoms with van der Waals surface area (Å²) < 4.78 is 1.95. The Bertz CT molecular complexity index is 804. The average molecular weight is 369 g/mol. The third-order valence-corrected chi connectivity index (χ3v) is 5.55. The van der Waals surface area contributed by atoms with Gasteiger partial charge >= 0.3 is 0 Å². The van der Waals surface area contributed by atoms with Crippen LogP contribution in [0.5, 0.6) is 0 Å². The van der Waals surface area contributed by atoms with Crippen LogP contribution in [0, 0.1) is 0 Å². The van der Waals surface area contributed by atoms with Crippen molar-refractivity contribution < 1.29 is 9.90 Å². The van der Waals surface area contributed by atoms with Gasteiger partial charge in [-0.3, -0.25) is 14.4 Å². The maximum absolute atomic E-state index is 12.9. The van der Waals surface area contributed by atoms with Crippen LogP contribution in [-0.4, -0.2) is 81.4 Å². The Morgan fingerprint density at radius 2 is 2.00 bits per heavy atom. The second-order valence-electron chi connectivity index (χ2n) is 7.75. The van der Waals surface area contributed by atoms with Crippen molar-refractivity contribution in [2.75, 3.05) is 33.7 Å². The van der Waals surface area contributed by atoms with Crippen LogP contribution < -0.4 is 0 Å². The number of carbonyl (C=O) groups is 1. The Labute approximate surface area is 159 Å². The Morgan fingerprint density at radius 1 is 1.22 bits per heavy atom. The third kappa shape index (κ3) is 3.76. The number of likely N-dealkylation sites (tertiary alicyclic amines) is 1. The molecular weight excluding hydrogens is 342 g/mol. The van der Waals surface area contributed by atoms with Crippen LogP contribution in [0.25, 0.3) is 0 Å². The molecule has 27 heavy (non-hydrogen) atoms. The molecule has 0 bridgehead atoms. The van der Waals surface area contributed by atoms with Gasteiger partial charge in [0.1, 0.15) is 0 Å². The lowest BCUT2D eigenvalue weighted by Gasteiger charge is -2.27. The molecule has 1 aromatic heterocycles. The van der Waals surface area contributed by atoms with E-state index in [0.29, 0.717) is 18.8 Å². The first-order chi connectivity index (χ1) is 13.0. The Balaban J connectivity index is 1.43. The summed E-state index contributed by atoms with van der Waals surface area (Å²) in [6, 6.07) is 12.3. The molecule has 144 valence electrons. The highest BCUT2D eigenvalue weighted by molar-refractivity contribution is 5.92. The number of aromatic nitrogens is 2. The van der Waals surface area contributed by atoms with E-state index in [1.165, 1.54) is 5.56 Å². The lowest BCUT2D eigenvalue weighted by Crippen LogP contribution is -2.38. The maximum Gasteiger partial charge on any atom is 0.274 e. The number of β-amino-alcohol motifs (C(OH)–C–C–N with tert-alkyl or cyclic N) is 1. The summed E-state index contributed by atoms with van der Waals surface area (Å²) in [5.74, 6) is -0.0880. The van der Waals surface area contributed by atoms with Crippen LogP contribution >= 0.6 is 0 Å². The molecule has 7 nitrogen and oxygen atoms in total. The largest absolute Gasteiger partial charge is 0.390 e. The smallest absolute Gasteiger partial charge is 0.274 e. The minimum absolute atomic E-state index is 0.0208. The van der Waals surface area contributed by atoms with E-state index in [2.05, 4.69) is 34.3 Å². The van der Waals surface area contributed by atoms with Crippen molar-refractivity contribution in [1.82, 2.24) is 24.5 Å². The molecule has 1 saturated heterocycles. The van der Waals surface area contributed by atoms with Gasteiger partial charge in [-0.1, -0.05) is 30.3 Å². The van der Waals surface area contributed by atoms with Gasteiger partial charge in [0.25, 0.3) is 5.91 Å². The van der Waals surface area contributed by atoms with Crippen LogP contribution in [0.1, 0.15) is 21.7 Å². The molecule has 0 radical (unpaired) electrons. The number of rotatable bonds is 4. The van der Waals surface area contributed by atoms with Crippen LogP contribution in [0.3, 0.4) is 0 Å². The van der Waals surface area contributed by atoms with Crippen molar-refractivity contribution in [1.29, 1.82) is 0 Å². The first kappa shape index (κ1) is 18.2. The molecule has 4 rings (SSSR count). The number of fused-ring (bicyclic) bond motifs is 1.